The Balaban J connectivity index is 2.08. The molecule has 7 nitrogen and oxygen atoms in total. The molecular weight excluding hydrogens is 260 g/mol. The summed E-state index contributed by atoms with van der Waals surface area (Å²) < 4.78 is 0. The van der Waals surface area contributed by atoms with E-state index in [-0.39, 0.29) is 17.2 Å². The molecule has 0 atom stereocenters. The third-order valence-corrected chi connectivity index (χ3v) is 2.92. The Bertz CT molecular complexity index is 663. The van der Waals surface area contributed by atoms with Gasteiger partial charge in [0.25, 0.3) is 5.91 Å². The van der Waals surface area contributed by atoms with Crippen molar-refractivity contribution >= 4 is 11.9 Å². The summed E-state index contributed by atoms with van der Waals surface area (Å²) in [4.78, 5) is 26.8. The van der Waals surface area contributed by atoms with Crippen LogP contribution in [0.1, 0.15) is 37.8 Å². The van der Waals surface area contributed by atoms with Gasteiger partial charge in [-0.3, -0.25) is 9.89 Å². The van der Waals surface area contributed by atoms with Gasteiger partial charge in [-0.15, -0.1) is 0 Å². The highest BCUT2D eigenvalue weighted by molar-refractivity contribution is 5.94. The number of amides is 1. The van der Waals surface area contributed by atoms with Gasteiger partial charge in [-0.25, -0.2) is 9.78 Å². The number of H-pyrrole nitrogens is 1. The molecule has 0 radical (unpaired) electrons. The van der Waals surface area contributed by atoms with E-state index >= 15 is 0 Å². The molecule has 0 saturated heterocycles. The minimum absolute atomic E-state index is 0.0900. The molecule has 2 aromatic rings. The summed E-state index contributed by atoms with van der Waals surface area (Å²) in [6, 6.07) is 2.77. The highest BCUT2D eigenvalue weighted by Crippen LogP contribution is 2.08. The van der Waals surface area contributed by atoms with Crippen molar-refractivity contribution in [3.8, 4) is 0 Å². The molecule has 1 amide bonds. The van der Waals surface area contributed by atoms with Crippen molar-refractivity contribution in [2.75, 3.05) is 0 Å². The minimum atomic E-state index is -1.06. The molecule has 20 heavy (non-hydrogen) atoms. The van der Waals surface area contributed by atoms with Gasteiger partial charge < -0.3 is 10.4 Å². The van der Waals surface area contributed by atoms with Crippen LogP contribution in [0.3, 0.4) is 0 Å². The quantitative estimate of drug-likeness (QED) is 0.772. The maximum absolute atomic E-state index is 11.9. The number of carbonyl (C=O) groups is 2. The highest BCUT2D eigenvalue weighted by atomic mass is 16.4. The molecule has 0 bridgehead atoms. The summed E-state index contributed by atoms with van der Waals surface area (Å²) in [5.74, 6) is -1.42. The van der Waals surface area contributed by atoms with Crippen molar-refractivity contribution < 1.29 is 14.7 Å². The van der Waals surface area contributed by atoms with E-state index in [0.29, 0.717) is 12.2 Å². The lowest BCUT2D eigenvalue weighted by molar-refractivity contribution is 0.0694. The number of aromatic carboxylic acids is 1. The summed E-state index contributed by atoms with van der Waals surface area (Å²) in [6.07, 6.45) is 1.64. The number of aromatic nitrogens is 3. The average molecular weight is 274 g/mol. The molecule has 0 fully saturated rings. The first-order valence-electron chi connectivity index (χ1n) is 5.97. The Morgan fingerprint density at radius 2 is 2.10 bits per heavy atom. The molecule has 0 spiro atoms. The smallest absolute Gasteiger partial charge is 0.337 e. The SMILES string of the molecule is Cc1nc(C(=O)NCc2cn[nH]c2C)ccc1C(=O)O. The number of aryl methyl sites for hydroxylation is 2. The van der Waals surface area contributed by atoms with E-state index in [1.807, 2.05) is 6.92 Å². The average Bonchev–Trinajstić information content (AvgIpc) is 2.81. The van der Waals surface area contributed by atoms with Crippen LogP contribution in [0.2, 0.25) is 0 Å². The van der Waals surface area contributed by atoms with Gasteiger partial charge in [0.2, 0.25) is 0 Å². The van der Waals surface area contributed by atoms with Gasteiger partial charge >= 0.3 is 5.97 Å². The first-order chi connectivity index (χ1) is 9.49. The number of aromatic amines is 1. The van der Waals surface area contributed by atoms with Gasteiger partial charge in [0.05, 0.1) is 17.5 Å². The number of rotatable bonds is 4. The summed E-state index contributed by atoms with van der Waals surface area (Å²) in [5, 5.41) is 18.3. The number of carboxylic acid groups (broad SMARTS) is 1. The van der Waals surface area contributed by atoms with Gasteiger partial charge in [0.15, 0.2) is 0 Å². The molecule has 7 heteroatoms. The summed E-state index contributed by atoms with van der Waals surface area (Å²) in [7, 11) is 0. The zero-order valence-corrected chi connectivity index (χ0v) is 11.1. The molecule has 2 aromatic heterocycles. The zero-order valence-electron chi connectivity index (χ0n) is 11.1. The molecule has 0 aliphatic carbocycles. The number of carboxylic acids is 1. The van der Waals surface area contributed by atoms with Crippen molar-refractivity contribution in [3.63, 3.8) is 0 Å². The fourth-order valence-corrected chi connectivity index (χ4v) is 1.73. The molecule has 3 N–H and O–H groups in total. The zero-order chi connectivity index (χ0) is 14.7. The van der Waals surface area contributed by atoms with Crippen LogP contribution in [0.15, 0.2) is 18.3 Å². The molecular formula is C13H14N4O3. The van der Waals surface area contributed by atoms with Crippen LogP contribution < -0.4 is 5.32 Å². The van der Waals surface area contributed by atoms with Crippen molar-refractivity contribution in [2.24, 2.45) is 0 Å². The second-order valence-corrected chi connectivity index (χ2v) is 4.34. The Morgan fingerprint density at radius 1 is 1.35 bits per heavy atom. The second-order valence-electron chi connectivity index (χ2n) is 4.34. The fraction of sp³-hybridized carbons (Fsp3) is 0.231. The Hall–Kier alpha value is -2.70. The number of carbonyl (C=O) groups excluding carboxylic acids is 1. The van der Waals surface area contributed by atoms with E-state index < -0.39 is 5.97 Å². The van der Waals surface area contributed by atoms with E-state index in [2.05, 4.69) is 20.5 Å². The largest absolute Gasteiger partial charge is 0.478 e. The summed E-state index contributed by atoms with van der Waals surface area (Å²) in [5.41, 5.74) is 2.36. The summed E-state index contributed by atoms with van der Waals surface area (Å²) in [6.45, 7) is 3.75. The molecule has 2 heterocycles. The Kier molecular flexibility index (Phi) is 3.79. The van der Waals surface area contributed by atoms with Gasteiger partial charge in [0, 0.05) is 17.8 Å². The predicted molar refractivity (Wildman–Crippen MR) is 70.4 cm³/mol. The van der Waals surface area contributed by atoms with Crippen LogP contribution in [-0.2, 0) is 6.54 Å². The lowest BCUT2D eigenvalue weighted by Gasteiger charge is -2.06. The Morgan fingerprint density at radius 3 is 2.65 bits per heavy atom. The lowest BCUT2D eigenvalue weighted by atomic mass is 10.2. The standard InChI is InChI=1S/C13H14N4O3/c1-7-9(6-15-17-7)5-14-12(18)11-4-3-10(13(19)20)8(2)16-11/h3-4,6H,5H2,1-2H3,(H,14,18)(H,15,17)(H,19,20). The molecule has 104 valence electrons. The van der Waals surface area contributed by atoms with E-state index in [0.717, 1.165) is 11.3 Å². The van der Waals surface area contributed by atoms with Gasteiger partial charge in [-0.1, -0.05) is 0 Å². The van der Waals surface area contributed by atoms with Gasteiger partial charge in [0.1, 0.15) is 5.69 Å². The van der Waals surface area contributed by atoms with Crippen LogP contribution in [0.5, 0.6) is 0 Å². The van der Waals surface area contributed by atoms with Crippen LogP contribution in [0, 0.1) is 13.8 Å². The first kappa shape index (κ1) is 13.7. The fourth-order valence-electron chi connectivity index (χ4n) is 1.73. The third kappa shape index (κ3) is 2.82. The van der Waals surface area contributed by atoms with Crippen LogP contribution in [0.25, 0.3) is 0 Å². The number of pyridine rings is 1. The topological polar surface area (TPSA) is 108 Å². The van der Waals surface area contributed by atoms with Crippen LogP contribution >= 0.6 is 0 Å². The van der Waals surface area contributed by atoms with Gasteiger partial charge in [-0.2, -0.15) is 5.10 Å². The van der Waals surface area contributed by atoms with Crippen LogP contribution in [0.4, 0.5) is 0 Å². The van der Waals surface area contributed by atoms with E-state index in [4.69, 9.17) is 5.11 Å². The summed E-state index contributed by atoms with van der Waals surface area (Å²) >= 11 is 0. The second kappa shape index (κ2) is 5.52. The van der Waals surface area contributed by atoms with Crippen LogP contribution in [-0.4, -0.2) is 32.2 Å². The van der Waals surface area contributed by atoms with E-state index in [1.165, 1.54) is 12.1 Å². The number of nitrogens with one attached hydrogen (secondary N) is 2. The monoisotopic (exact) mass is 274 g/mol. The molecule has 0 aromatic carbocycles. The maximum atomic E-state index is 11.9. The van der Waals surface area contributed by atoms with E-state index in [9.17, 15) is 9.59 Å². The number of hydrogen-bond acceptors (Lipinski definition) is 4. The molecule has 2 rings (SSSR count). The maximum Gasteiger partial charge on any atom is 0.337 e. The highest BCUT2D eigenvalue weighted by Gasteiger charge is 2.13. The third-order valence-electron chi connectivity index (χ3n) is 2.92. The first-order valence-corrected chi connectivity index (χ1v) is 5.97. The van der Waals surface area contributed by atoms with Crippen molar-refractivity contribution in [3.05, 3.63) is 46.5 Å². The molecule has 0 unspecified atom stereocenters. The van der Waals surface area contributed by atoms with Crippen molar-refractivity contribution in [2.45, 2.75) is 20.4 Å². The predicted octanol–water partition coefficient (Wildman–Crippen LogP) is 1.05. The van der Waals surface area contributed by atoms with Crippen molar-refractivity contribution in [1.82, 2.24) is 20.5 Å². The van der Waals surface area contributed by atoms with Gasteiger partial charge in [-0.05, 0) is 26.0 Å². The number of hydrogen-bond donors (Lipinski definition) is 3. The van der Waals surface area contributed by atoms with Crippen molar-refractivity contribution in [1.29, 1.82) is 0 Å². The lowest BCUT2D eigenvalue weighted by Crippen LogP contribution is -2.24. The molecule has 0 aliphatic heterocycles. The number of nitrogens with zero attached hydrogens (tertiary/aromatic N) is 2. The minimum Gasteiger partial charge on any atom is -0.478 e. The normalized spacial score (nSPS) is 10.3. The molecule has 0 saturated carbocycles. The molecule has 0 aliphatic rings. The van der Waals surface area contributed by atoms with E-state index in [1.54, 1.807) is 13.1 Å². The Labute approximate surface area is 115 Å².